The van der Waals surface area contributed by atoms with E-state index in [0.717, 1.165) is 15.7 Å². The van der Waals surface area contributed by atoms with Gasteiger partial charge in [-0.05, 0) is 71.6 Å². The number of anilines is 1. The van der Waals surface area contributed by atoms with Gasteiger partial charge in [-0.25, -0.2) is 0 Å². The molecule has 0 aliphatic heterocycles. The van der Waals surface area contributed by atoms with Crippen LogP contribution in [-0.4, -0.2) is 0 Å². The van der Waals surface area contributed by atoms with Crippen LogP contribution in [-0.2, 0) is 0 Å². The van der Waals surface area contributed by atoms with Gasteiger partial charge in [0.15, 0.2) is 0 Å². The third-order valence-corrected chi connectivity index (χ3v) is 3.96. The first-order chi connectivity index (χ1) is 9.51. The lowest BCUT2D eigenvalue weighted by atomic mass is 10.0. The molecule has 0 saturated heterocycles. The maximum Gasteiger partial charge on any atom is 0.0991 e. The van der Waals surface area contributed by atoms with Gasteiger partial charge in [-0.1, -0.05) is 18.2 Å². The second-order valence-corrected chi connectivity index (χ2v) is 5.89. The molecule has 0 fully saturated rings. The predicted octanol–water partition coefficient (Wildman–Crippen LogP) is 5.11. The van der Waals surface area contributed by atoms with Gasteiger partial charge in [0.05, 0.1) is 17.3 Å². The van der Waals surface area contributed by atoms with Crippen molar-refractivity contribution in [2.75, 3.05) is 5.32 Å². The Bertz CT molecular complexity index is 631. The van der Waals surface area contributed by atoms with Gasteiger partial charge in [-0.2, -0.15) is 5.26 Å². The molecule has 0 saturated carbocycles. The molecule has 3 heteroatoms. The average molecular weight is 329 g/mol. The third-order valence-electron chi connectivity index (χ3n) is 3.33. The second kappa shape index (κ2) is 6.11. The van der Waals surface area contributed by atoms with Crippen molar-refractivity contribution in [3.63, 3.8) is 0 Å². The largest absolute Gasteiger partial charge is 0.377 e. The molecule has 0 aliphatic rings. The van der Waals surface area contributed by atoms with E-state index in [1.165, 1.54) is 11.1 Å². The number of hydrogen-bond donors (Lipinski definition) is 1. The van der Waals surface area contributed by atoms with Crippen molar-refractivity contribution in [3.05, 3.63) is 63.1 Å². The van der Waals surface area contributed by atoms with E-state index in [0.29, 0.717) is 5.56 Å². The van der Waals surface area contributed by atoms with Gasteiger partial charge in [0.25, 0.3) is 0 Å². The number of hydrogen-bond acceptors (Lipinski definition) is 2. The Labute approximate surface area is 128 Å². The van der Waals surface area contributed by atoms with Crippen LogP contribution in [0, 0.1) is 25.2 Å². The minimum absolute atomic E-state index is 0.181. The summed E-state index contributed by atoms with van der Waals surface area (Å²) in [6.07, 6.45) is 0. The zero-order chi connectivity index (χ0) is 14.7. The third kappa shape index (κ3) is 3.20. The van der Waals surface area contributed by atoms with E-state index < -0.39 is 0 Å². The number of nitriles is 1. The molecule has 1 N–H and O–H groups in total. The zero-order valence-electron chi connectivity index (χ0n) is 11.9. The highest BCUT2D eigenvalue weighted by Gasteiger charge is 2.10. The highest BCUT2D eigenvalue weighted by Crippen LogP contribution is 2.31. The highest BCUT2D eigenvalue weighted by molar-refractivity contribution is 9.10. The van der Waals surface area contributed by atoms with Crippen LogP contribution in [0.2, 0.25) is 0 Å². The number of benzene rings is 2. The number of aryl methyl sites for hydroxylation is 2. The molecular formula is C17H17BrN2. The van der Waals surface area contributed by atoms with Crippen molar-refractivity contribution >= 4 is 21.6 Å². The maximum atomic E-state index is 8.83. The first-order valence-electron chi connectivity index (χ1n) is 6.54. The maximum absolute atomic E-state index is 8.83. The molecule has 2 aromatic rings. The predicted molar refractivity (Wildman–Crippen MR) is 86.8 cm³/mol. The summed E-state index contributed by atoms with van der Waals surface area (Å²) in [5.41, 5.74) is 5.43. The quantitative estimate of drug-likeness (QED) is 0.849. The summed E-state index contributed by atoms with van der Waals surface area (Å²) in [6.45, 7) is 6.31. The number of nitrogens with zero attached hydrogens (tertiary/aromatic N) is 1. The number of nitrogens with one attached hydrogen (secondary N) is 1. The van der Waals surface area contributed by atoms with Gasteiger partial charge in [0.1, 0.15) is 0 Å². The lowest BCUT2D eigenvalue weighted by Gasteiger charge is -2.19. The van der Waals surface area contributed by atoms with E-state index in [9.17, 15) is 0 Å². The van der Waals surface area contributed by atoms with Gasteiger partial charge in [0.2, 0.25) is 0 Å². The van der Waals surface area contributed by atoms with E-state index in [1.807, 2.05) is 24.3 Å². The molecule has 102 valence electrons. The van der Waals surface area contributed by atoms with Crippen molar-refractivity contribution in [1.29, 1.82) is 5.26 Å². The van der Waals surface area contributed by atoms with Crippen molar-refractivity contribution < 1.29 is 0 Å². The average Bonchev–Trinajstić information content (AvgIpc) is 2.42. The summed E-state index contributed by atoms with van der Waals surface area (Å²) in [5.74, 6) is 0. The molecule has 1 unspecified atom stereocenters. The molecular weight excluding hydrogens is 312 g/mol. The Morgan fingerprint density at radius 3 is 2.35 bits per heavy atom. The Hall–Kier alpha value is -1.79. The van der Waals surface area contributed by atoms with Crippen LogP contribution in [0.3, 0.4) is 0 Å². The molecule has 0 aromatic heterocycles. The molecule has 2 nitrogen and oxygen atoms in total. The molecule has 2 rings (SSSR count). The lowest BCUT2D eigenvalue weighted by Crippen LogP contribution is -2.08. The van der Waals surface area contributed by atoms with E-state index in [4.69, 9.17) is 5.26 Å². The van der Waals surface area contributed by atoms with Crippen LogP contribution in [0.1, 0.15) is 35.2 Å². The summed E-state index contributed by atoms with van der Waals surface area (Å²) >= 11 is 3.62. The minimum atomic E-state index is 0.181. The van der Waals surface area contributed by atoms with Gasteiger partial charge in [0, 0.05) is 10.5 Å². The molecule has 2 aromatic carbocycles. The SMILES string of the molecule is Cc1cc(C)c(NC(C)c2ccc(C#N)cc2)c(Br)c1. The van der Waals surface area contributed by atoms with Crippen LogP contribution in [0.4, 0.5) is 5.69 Å². The molecule has 0 radical (unpaired) electrons. The number of rotatable bonds is 3. The van der Waals surface area contributed by atoms with Crippen LogP contribution < -0.4 is 5.32 Å². The normalized spacial score (nSPS) is 11.8. The zero-order valence-corrected chi connectivity index (χ0v) is 13.5. The van der Waals surface area contributed by atoms with Gasteiger partial charge in [-0.3, -0.25) is 0 Å². The fourth-order valence-corrected chi connectivity index (χ4v) is 3.03. The van der Waals surface area contributed by atoms with Crippen molar-refractivity contribution in [1.82, 2.24) is 0 Å². The van der Waals surface area contributed by atoms with Crippen LogP contribution in [0.25, 0.3) is 0 Å². The Balaban J connectivity index is 2.23. The molecule has 0 aliphatic carbocycles. The molecule has 0 spiro atoms. The van der Waals surface area contributed by atoms with Crippen LogP contribution in [0.5, 0.6) is 0 Å². The highest BCUT2D eigenvalue weighted by atomic mass is 79.9. The molecule has 1 atom stereocenters. The van der Waals surface area contributed by atoms with Crippen molar-refractivity contribution in [2.24, 2.45) is 0 Å². The first-order valence-corrected chi connectivity index (χ1v) is 7.34. The van der Waals surface area contributed by atoms with Crippen molar-refractivity contribution in [2.45, 2.75) is 26.8 Å². The van der Waals surface area contributed by atoms with Gasteiger partial charge in [-0.15, -0.1) is 0 Å². The summed E-state index contributed by atoms with van der Waals surface area (Å²) in [5, 5.41) is 12.4. The summed E-state index contributed by atoms with van der Waals surface area (Å²) in [7, 11) is 0. The first kappa shape index (κ1) is 14.6. The summed E-state index contributed by atoms with van der Waals surface area (Å²) in [4.78, 5) is 0. The standard InChI is InChI=1S/C17H17BrN2/c1-11-8-12(2)17(16(18)9-11)20-13(3)15-6-4-14(10-19)5-7-15/h4-9,13,20H,1-3H3. The monoisotopic (exact) mass is 328 g/mol. The van der Waals surface area contributed by atoms with E-state index in [-0.39, 0.29) is 6.04 Å². The van der Waals surface area contributed by atoms with Gasteiger partial charge < -0.3 is 5.32 Å². The molecule has 20 heavy (non-hydrogen) atoms. The smallest absolute Gasteiger partial charge is 0.0991 e. The second-order valence-electron chi connectivity index (χ2n) is 5.04. The molecule has 0 heterocycles. The Morgan fingerprint density at radius 1 is 1.15 bits per heavy atom. The number of halogens is 1. The van der Waals surface area contributed by atoms with E-state index >= 15 is 0 Å². The van der Waals surface area contributed by atoms with Crippen molar-refractivity contribution in [3.8, 4) is 6.07 Å². The Morgan fingerprint density at radius 2 is 1.80 bits per heavy atom. The lowest BCUT2D eigenvalue weighted by molar-refractivity contribution is 0.881. The van der Waals surface area contributed by atoms with Crippen LogP contribution in [0.15, 0.2) is 40.9 Å². The minimum Gasteiger partial charge on any atom is -0.377 e. The fraction of sp³-hybridized carbons (Fsp3) is 0.235. The summed E-state index contributed by atoms with van der Waals surface area (Å²) < 4.78 is 1.08. The Kier molecular flexibility index (Phi) is 4.46. The van der Waals surface area contributed by atoms with E-state index in [2.05, 4.69) is 60.2 Å². The van der Waals surface area contributed by atoms with E-state index in [1.54, 1.807) is 0 Å². The summed E-state index contributed by atoms with van der Waals surface area (Å²) in [6, 6.07) is 14.3. The topological polar surface area (TPSA) is 35.8 Å². The molecule has 0 amide bonds. The molecule has 0 bridgehead atoms. The van der Waals surface area contributed by atoms with Gasteiger partial charge >= 0.3 is 0 Å². The fourth-order valence-electron chi connectivity index (χ4n) is 2.24. The van der Waals surface area contributed by atoms with Crippen LogP contribution >= 0.6 is 15.9 Å².